The summed E-state index contributed by atoms with van der Waals surface area (Å²) in [4.78, 5) is 18.8. The van der Waals surface area contributed by atoms with E-state index >= 15 is 0 Å². The van der Waals surface area contributed by atoms with Crippen molar-refractivity contribution in [1.29, 1.82) is 0 Å². The first-order valence-corrected chi connectivity index (χ1v) is 11.0. The van der Waals surface area contributed by atoms with E-state index in [9.17, 15) is 4.79 Å². The zero-order valence-electron chi connectivity index (χ0n) is 15.1. The number of hydrogen-bond acceptors (Lipinski definition) is 7. The van der Waals surface area contributed by atoms with Gasteiger partial charge in [0.25, 0.3) is 0 Å². The van der Waals surface area contributed by atoms with E-state index in [0.717, 1.165) is 35.8 Å². The number of nitrogens with zero attached hydrogens (tertiary/aromatic N) is 5. The van der Waals surface area contributed by atoms with Crippen LogP contribution in [0.4, 0.5) is 11.1 Å². The van der Waals surface area contributed by atoms with Crippen molar-refractivity contribution in [3.8, 4) is 0 Å². The summed E-state index contributed by atoms with van der Waals surface area (Å²) in [6.07, 6.45) is 4.76. The van der Waals surface area contributed by atoms with Crippen LogP contribution >= 0.6 is 23.1 Å². The van der Waals surface area contributed by atoms with Crippen LogP contribution in [0.3, 0.4) is 0 Å². The van der Waals surface area contributed by atoms with Crippen LogP contribution in [-0.4, -0.2) is 44.5 Å². The number of nitrogens with one attached hydrogen (secondary N) is 1. The molecule has 2 aliphatic rings. The van der Waals surface area contributed by atoms with E-state index in [1.807, 2.05) is 12.3 Å². The molecule has 0 spiro atoms. The van der Waals surface area contributed by atoms with E-state index in [-0.39, 0.29) is 5.91 Å². The minimum Gasteiger partial charge on any atom is -0.341 e. The van der Waals surface area contributed by atoms with Crippen LogP contribution in [0, 0.1) is 12.8 Å². The monoisotopic (exact) mass is 392 g/mol. The fourth-order valence-corrected chi connectivity index (χ4v) is 4.65. The Labute approximate surface area is 161 Å². The lowest BCUT2D eigenvalue weighted by Gasteiger charge is -2.31. The molecule has 1 saturated heterocycles. The van der Waals surface area contributed by atoms with Gasteiger partial charge in [-0.3, -0.25) is 9.36 Å². The lowest BCUT2D eigenvalue weighted by molar-refractivity contribution is -0.113. The number of piperidine rings is 1. The SMILES string of the molecule is Cc1csc(NC(=O)CSc2nnc(N3CCC(C)CC3)n2C2CC2)n1. The molecule has 1 aliphatic carbocycles. The maximum atomic E-state index is 12.2. The third-order valence-corrected chi connectivity index (χ3v) is 6.64. The molecule has 1 aliphatic heterocycles. The number of carbonyl (C=O) groups excluding carboxylic acids is 1. The van der Waals surface area contributed by atoms with Crippen molar-refractivity contribution >= 4 is 40.1 Å². The van der Waals surface area contributed by atoms with Crippen LogP contribution in [0.15, 0.2) is 10.5 Å². The summed E-state index contributed by atoms with van der Waals surface area (Å²) >= 11 is 2.91. The molecule has 0 unspecified atom stereocenters. The van der Waals surface area contributed by atoms with Crippen molar-refractivity contribution in [3.63, 3.8) is 0 Å². The molecule has 0 radical (unpaired) electrons. The number of thioether (sulfide) groups is 1. The van der Waals surface area contributed by atoms with Crippen molar-refractivity contribution in [2.24, 2.45) is 5.92 Å². The highest BCUT2D eigenvalue weighted by Crippen LogP contribution is 2.41. The number of hydrogen-bond donors (Lipinski definition) is 1. The van der Waals surface area contributed by atoms with Gasteiger partial charge < -0.3 is 10.2 Å². The number of anilines is 2. The standard InChI is InChI=1S/C17H24N6OS2/c1-11-5-7-22(8-6-11)16-20-21-17(23(16)13-3-4-13)26-10-14(24)19-15-18-12(2)9-25-15/h9,11,13H,3-8,10H2,1-2H3,(H,18,19,24). The first-order valence-electron chi connectivity index (χ1n) is 9.15. The second kappa shape index (κ2) is 7.56. The molecule has 140 valence electrons. The van der Waals surface area contributed by atoms with Crippen LogP contribution in [0.5, 0.6) is 0 Å². The Hall–Kier alpha value is -1.61. The van der Waals surface area contributed by atoms with Gasteiger partial charge in [0.05, 0.1) is 11.4 Å². The van der Waals surface area contributed by atoms with Crippen LogP contribution in [-0.2, 0) is 4.79 Å². The molecule has 2 aromatic heterocycles. The second-order valence-electron chi connectivity index (χ2n) is 7.18. The number of carbonyl (C=O) groups is 1. The Bertz CT molecular complexity index is 776. The zero-order valence-corrected chi connectivity index (χ0v) is 16.8. The molecule has 3 heterocycles. The summed E-state index contributed by atoms with van der Waals surface area (Å²) in [6, 6.07) is 0.492. The largest absolute Gasteiger partial charge is 0.341 e. The van der Waals surface area contributed by atoms with Gasteiger partial charge in [0.1, 0.15) is 0 Å². The topological polar surface area (TPSA) is 75.9 Å². The quantitative estimate of drug-likeness (QED) is 0.760. The third-order valence-electron chi connectivity index (χ3n) is 4.82. The molecule has 9 heteroatoms. The number of aromatic nitrogens is 4. The highest BCUT2D eigenvalue weighted by molar-refractivity contribution is 7.99. The molecule has 0 bridgehead atoms. The fraction of sp³-hybridized carbons (Fsp3) is 0.647. The number of amides is 1. The van der Waals surface area contributed by atoms with Crippen LogP contribution in [0.2, 0.25) is 0 Å². The smallest absolute Gasteiger partial charge is 0.236 e. The Morgan fingerprint density at radius 3 is 2.73 bits per heavy atom. The van der Waals surface area contributed by atoms with Gasteiger partial charge in [-0.05, 0) is 38.5 Å². The molecule has 7 nitrogen and oxygen atoms in total. The van der Waals surface area contributed by atoms with Gasteiger partial charge in [-0.15, -0.1) is 21.5 Å². The number of aryl methyl sites for hydroxylation is 1. The number of rotatable bonds is 6. The van der Waals surface area contributed by atoms with Crippen LogP contribution in [0.25, 0.3) is 0 Å². The van der Waals surface area contributed by atoms with Crippen molar-refractivity contribution in [2.75, 3.05) is 29.1 Å². The van der Waals surface area contributed by atoms with Gasteiger partial charge in [-0.1, -0.05) is 18.7 Å². The average Bonchev–Trinajstić information content (AvgIpc) is 3.25. The van der Waals surface area contributed by atoms with Gasteiger partial charge >= 0.3 is 0 Å². The summed E-state index contributed by atoms with van der Waals surface area (Å²) in [6.45, 7) is 6.32. The Morgan fingerprint density at radius 2 is 2.08 bits per heavy atom. The molecule has 1 amide bonds. The third kappa shape index (κ3) is 4.03. The molecular weight excluding hydrogens is 368 g/mol. The van der Waals surface area contributed by atoms with Crippen molar-refractivity contribution in [1.82, 2.24) is 19.7 Å². The van der Waals surface area contributed by atoms with E-state index in [1.54, 1.807) is 0 Å². The van der Waals surface area contributed by atoms with Crippen molar-refractivity contribution < 1.29 is 4.79 Å². The molecule has 1 saturated carbocycles. The maximum Gasteiger partial charge on any atom is 0.236 e. The summed E-state index contributed by atoms with van der Waals surface area (Å²) in [7, 11) is 0. The van der Waals surface area contributed by atoms with E-state index in [0.29, 0.717) is 16.9 Å². The normalized spacial score (nSPS) is 18.3. The summed E-state index contributed by atoms with van der Waals surface area (Å²) < 4.78 is 2.25. The second-order valence-corrected chi connectivity index (χ2v) is 8.98. The lowest BCUT2D eigenvalue weighted by atomic mass is 10.00. The molecule has 2 fully saturated rings. The predicted molar refractivity (Wildman–Crippen MR) is 105 cm³/mol. The van der Waals surface area contributed by atoms with Gasteiger partial charge in [0, 0.05) is 24.5 Å². The van der Waals surface area contributed by atoms with Gasteiger partial charge in [-0.25, -0.2) is 4.98 Å². The van der Waals surface area contributed by atoms with E-state index in [4.69, 9.17) is 0 Å². The summed E-state index contributed by atoms with van der Waals surface area (Å²) in [5.74, 6) is 2.04. The average molecular weight is 393 g/mol. The molecule has 0 aromatic carbocycles. The molecule has 2 aromatic rings. The first kappa shape index (κ1) is 17.8. The highest BCUT2D eigenvalue weighted by Gasteiger charge is 2.32. The molecule has 0 atom stereocenters. The van der Waals surface area contributed by atoms with Gasteiger partial charge in [0.15, 0.2) is 10.3 Å². The van der Waals surface area contributed by atoms with Gasteiger partial charge in [0.2, 0.25) is 11.9 Å². The van der Waals surface area contributed by atoms with E-state index in [2.05, 4.69) is 36.9 Å². The van der Waals surface area contributed by atoms with Crippen molar-refractivity contribution in [3.05, 3.63) is 11.1 Å². The molecule has 26 heavy (non-hydrogen) atoms. The van der Waals surface area contributed by atoms with Crippen LogP contribution < -0.4 is 10.2 Å². The summed E-state index contributed by atoms with van der Waals surface area (Å²) in [5, 5.41) is 15.2. The molecule has 4 rings (SSSR count). The van der Waals surface area contributed by atoms with E-state index < -0.39 is 0 Å². The van der Waals surface area contributed by atoms with E-state index in [1.165, 1.54) is 48.8 Å². The number of thiazole rings is 1. The zero-order chi connectivity index (χ0) is 18.1. The van der Waals surface area contributed by atoms with Crippen molar-refractivity contribution in [2.45, 2.75) is 50.7 Å². The van der Waals surface area contributed by atoms with Gasteiger partial charge in [-0.2, -0.15) is 0 Å². The lowest BCUT2D eigenvalue weighted by Crippen LogP contribution is -2.34. The summed E-state index contributed by atoms with van der Waals surface area (Å²) in [5.41, 5.74) is 0.923. The minimum absolute atomic E-state index is 0.0527. The molecule has 1 N–H and O–H groups in total. The molecular formula is C17H24N6OS2. The fourth-order valence-electron chi connectivity index (χ4n) is 3.14. The Morgan fingerprint density at radius 1 is 1.31 bits per heavy atom. The first-order chi connectivity index (χ1) is 12.6. The Balaban J connectivity index is 1.41. The minimum atomic E-state index is -0.0527. The Kier molecular flexibility index (Phi) is 5.17. The predicted octanol–water partition coefficient (Wildman–Crippen LogP) is 3.35. The van der Waals surface area contributed by atoms with Crippen LogP contribution in [0.1, 0.15) is 44.3 Å². The highest BCUT2D eigenvalue weighted by atomic mass is 32.2. The maximum absolute atomic E-state index is 12.2.